The summed E-state index contributed by atoms with van der Waals surface area (Å²) in [5, 5.41) is 2.81. The van der Waals surface area contributed by atoms with Gasteiger partial charge in [0.2, 0.25) is 6.10 Å². The molecule has 2 rings (SSSR count). The van der Waals surface area contributed by atoms with Crippen molar-refractivity contribution in [2.45, 2.75) is 25.6 Å². The molecule has 0 saturated heterocycles. The van der Waals surface area contributed by atoms with Crippen molar-refractivity contribution in [1.29, 1.82) is 0 Å². The molecule has 0 bridgehead atoms. The fourth-order valence-corrected chi connectivity index (χ4v) is 2.82. The molecule has 0 aromatic heterocycles. The van der Waals surface area contributed by atoms with Crippen molar-refractivity contribution < 1.29 is 45.3 Å². The smallest absolute Gasteiger partial charge is 0.474 e. The van der Waals surface area contributed by atoms with Gasteiger partial charge in [-0.2, -0.15) is 23.2 Å². The van der Waals surface area contributed by atoms with Crippen LogP contribution in [-0.4, -0.2) is 50.0 Å². The van der Waals surface area contributed by atoms with Crippen molar-refractivity contribution >= 4 is 22.1 Å². The quantitative estimate of drug-likeness (QED) is 0.370. The Labute approximate surface area is 170 Å². The Morgan fingerprint density at radius 3 is 2.30 bits per heavy atom. The highest BCUT2D eigenvalue weighted by Crippen LogP contribution is 2.42. The van der Waals surface area contributed by atoms with E-state index in [1.165, 1.54) is 6.92 Å². The molecule has 0 aliphatic carbocycles. The van der Waals surface area contributed by atoms with Crippen LogP contribution in [0.5, 0.6) is 11.5 Å². The Bertz CT molecular complexity index is 916. The maximum absolute atomic E-state index is 13.5. The Balaban J connectivity index is 2.71. The average molecular weight is 456 g/mol. The minimum atomic E-state index is -5.04. The van der Waals surface area contributed by atoms with Crippen molar-refractivity contribution in [1.82, 2.24) is 0 Å². The van der Waals surface area contributed by atoms with Gasteiger partial charge >= 0.3 is 18.5 Å². The molecule has 1 aliphatic rings. The van der Waals surface area contributed by atoms with E-state index >= 15 is 0 Å². The van der Waals surface area contributed by atoms with E-state index in [0.717, 1.165) is 18.2 Å². The van der Waals surface area contributed by atoms with E-state index in [1.54, 1.807) is 18.8 Å². The molecule has 0 saturated carbocycles. The second kappa shape index (κ2) is 8.34. The van der Waals surface area contributed by atoms with Crippen LogP contribution in [0, 0.1) is 11.2 Å². The number of rotatable bonds is 3. The fraction of sp³-hybridized carbons (Fsp3) is 0.421. The maximum atomic E-state index is 13.5. The van der Waals surface area contributed by atoms with Crippen molar-refractivity contribution in [2.24, 2.45) is 0 Å². The monoisotopic (exact) mass is 456 g/mol. The Morgan fingerprint density at radius 2 is 1.80 bits per heavy atom. The number of hydrogen-bond donors (Lipinski definition) is 0. The lowest BCUT2D eigenvalue weighted by Gasteiger charge is -2.29. The number of halogens is 6. The van der Waals surface area contributed by atoms with Gasteiger partial charge in [-0.1, -0.05) is 5.92 Å². The first-order chi connectivity index (χ1) is 13.6. The molecular weight excluding hydrogens is 438 g/mol. The molecule has 4 nitrogen and oxygen atoms in total. The molecule has 0 fully saturated rings. The molecule has 0 radical (unpaired) electrons. The Morgan fingerprint density at radius 1 is 1.17 bits per heavy atom. The van der Waals surface area contributed by atoms with Gasteiger partial charge in [-0.3, -0.25) is 0 Å². The van der Waals surface area contributed by atoms with Gasteiger partial charge in [-0.25, -0.2) is 4.79 Å². The van der Waals surface area contributed by atoms with Crippen LogP contribution in [0.4, 0.5) is 26.3 Å². The van der Waals surface area contributed by atoms with Gasteiger partial charge in [-0.05, 0) is 49.2 Å². The van der Waals surface area contributed by atoms with Crippen molar-refractivity contribution in [2.75, 3.05) is 25.4 Å². The van der Waals surface area contributed by atoms with Crippen LogP contribution in [0.25, 0.3) is 6.08 Å². The van der Waals surface area contributed by atoms with Gasteiger partial charge in [0.25, 0.3) is 0 Å². The highest BCUT2D eigenvalue weighted by molar-refractivity contribution is 8.35. The number of esters is 1. The summed E-state index contributed by atoms with van der Waals surface area (Å²) in [7, 11) is -1.46. The predicted octanol–water partition coefficient (Wildman–Crippen LogP) is 4.86. The van der Waals surface area contributed by atoms with Crippen LogP contribution in [-0.2, 0) is 9.53 Å². The van der Waals surface area contributed by atoms with Crippen LogP contribution in [0.2, 0.25) is 0 Å². The zero-order chi connectivity index (χ0) is 22.9. The molecule has 1 heterocycles. The van der Waals surface area contributed by atoms with E-state index < -0.39 is 51.7 Å². The van der Waals surface area contributed by atoms with E-state index in [1.807, 2.05) is 0 Å². The van der Waals surface area contributed by atoms with Gasteiger partial charge in [0.05, 0.1) is 17.7 Å². The predicted molar refractivity (Wildman–Crippen MR) is 100 cm³/mol. The van der Waals surface area contributed by atoms with Gasteiger partial charge in [-0.15, -0.1) is 13.2 Å². The first kappa shape index (κ1) is 23.8. The summed E-state index contributed by atoms with van der Waals surface area (Å²) in [5.41, 5.74) is -1.32. The van der Waals surface area contributed by atoms with E-state index in [0.29, 0.717) is 0 Å². The van der Waals surface area contributed by atoms with Crippen LogP contribution in [0.3, 0.4) is 0 Å². The molecule has 0 amide bonds. The second-order valence-electron chi connectivity index (χ2n) is 6.86. The van der Waals surface area contributed by atoms with Crippen LogP contribution in [0.15, 0.2) is 17.7 Å². The van der Waals surface area contributed by atoms with Crippen molar-refractivity contribution in [3.63, 3.8) is 0 Å². The number of carbonyl (C=O) groups excluding carboxylic acids is 1. The summed E-state index contributed by atoms with van der Waals surface area (Å²) >= 11 is 0. The van der Waals surface area contributed by atoms with E-state index in [9.17, 15) is 31.1 Å². The number of alkyl halides is 6. The van der Waals surface area contributed by atoms with Crippen molar-refractivity contribution in [3.05, 3.63) is 28.8 Å². The van der Waals surface area contributed by atoms with Gasteiger partial charge < -0.3 is 14.2 Å². The third-order valence-electron chi connectivity index (χ3n) is 3.45. The number of carbonyl (C=O) groups is 1. The molecule has 1 unspecified atom stereocenters. The molecule has 0 N–H and O–H groups in total. The number of fused-ring (bicyclic) bond motifs is 1. The molecule has 1 aliphatic heterocycles. The first-order valence-corrected chi connectivity index (χ1v) is 11.2. The summed E-state index contributed by atoms with van der Waals surface area (Å²) in [6.07, 6.45) is -6.50. The van der Waals surface area contributed by atoms with E-state index in [4.69, 9.17) is 4.74 Å². The largest absolute Gasteiger partial charge is 0.573 e. The number of ether oxygens (including phenoxy) is 3. The van der Waals surface area contributed by atoms with E-state index in [-0.39, 0.29) is 17.7 Å². The lowest BCUT2D eigenvalue weighted by molar-refractivity contribution is -0.274. The fourth-order valence-electron chi connectivity index (χ4n) is 2.40. The average Bonchev–Trinajstić information content (AvgIpc) is 2.55. The second-order valence-corrected chi connectivity index (χ2v) is 10.7. The Kier molecular flexibility index (Phi) is 6.61. The highest BCUT2D eigenvalue weighted by Gasteiger charge is 2.49. The lowest BCUT2D eigenvalue weighted by Crippen LogP contribution is -2.41. The molecule has 30 heavy (non-hydrogen) atoms. The van der Waals surface area contributed by atoms with Crippen LogP contribution >= 0.6 is 10.0 Å². The van der Waals surface area contributed by atoms with Crippen LogP contribution in [0.1, 0.15) is 18.1 Å². The maximum Gasteiger partial charge on any atom is 0.573 e. The summed E-state index contributed by atoms with van der Waals surface area (Å²) in [4.78, 5) is 12.0. The lowest BCUT2D eigenvalue weighted by atomic mass is 9.98. The first-order valence-electron chi connectivity index (χ1n) is 8.37. The summed E-state index contributed by atoms with van der Waals surface area (Å²) < 4.78 is 92.1. The molecule has 11 heteroatoms. The summed E-state index contributed by atoms with van der Waals surface area (Å²) in [5.74, 6) is 0.192. The SMILES string of the molecule is CCOC(=O)C1=Cc2cc(OC(F)(F)F)cc(C#CS(C)(C)C)c2OC1C(F)(F)F. The zero-order valence-corrected chi connectivity index (χ0v) is 17.1. The normalized spacial score (nSPS) is 17.0. The third-order valence-corrected chi connectivity index (χ3v) is 4.17. The van der Waals surface area contributed by atoms with Gasteiger partial charge in [0.15, 0.2) is 0 Å². The number of hydrogen-bond acceptors (Lipinski definition) is 4. The molecule has 166 valence electrons. The van der Waals surface area contributed by atoms with Gasteiger partial charge in [0.1, 0.15) is 11.5 Å². The third kappa shape index (κ3) is 6.26. The summed E-state index contributed by atoms with van der Waals surface area (Å²) in [6.45, 7) is 1.20. The zero-order valence-electron chi connectivity index (χ0n) is 16.3. The van der Waals surface area contributed by atoms with E-state index in [2.05, 4.69) is 20.6 Å². The summed E-state index contributed by atoms with van der Waals surface area (Å²) in [6, 6.07) is 1.67. The molecule has 1 aromatic carbocycles. The van der Waals surface area contributed by atoms with Crippen LogP contribution < -0.4 is 9.47 Å². The highest BCUT2D eigenvalue weighted by atomic mass is 32.3. The minimum Gasteiger partial charge on any atom is -0.474 e. The van der Waals surface area contributed by atoms with Crippen molar-refractivity contribution in [3.8, 4) is 22.7 Å². The Hall–Kier alpha value is -2.48. The molecule has 1 aromatic rings. The molecule has 0 spiro atoms. The molecular formula is C19H18F6O4S. The topological polar surface area (TPSA) is 44.8 Å². The van der Waals surface area contributed by atoms with Gasteiger partial charge in [0, 0.05) is 5.56 Å². The number of benzene rings is 1. The molecule has 1 atom stereocenters. The minimum absolute atomic E-state index is 0.198. The standard InChI is InChI=1S/C19H18F6O4S/c1-5-27-17(26)14-10-12-9-13(29-19(23,24)25)8-11(6-7-30(2,3)4)15(12)28-16(14)18(20,21)22/h8-10,16H,5H2,1-4H3.